The van der Waals surface area contributed by atoms with Crippen LogP contribution in [0.1, 0.15) is 101 Å². The Morgan fingerprint density at radius 1 is 1.05 bits per heavy atom. The molecule has 1 aliphatic carbocycles. The monoisotopic (exact) mass is 308 g/mol. The molecule has 0 heteroatoms. The van der Waals surface area contributed by atoms with E-state index in [9.17, 15) is 0 Å². The normalized spacial score (nSPS) is 30.5. The predicted molar refractivity (Wildman–Crippen MR) is 101 cm³/mol. The summed E-state index contributed by atoms with van der Waals surface area (Å²) in [5.74, 6) is 4.39. The Labute approximate surface area is 141 Å². The maximum Gasteiger partial charge on any atom is -0.0323 e. The summed E-state index contributed by atoms with van der Waals surface area (Å²) >= 11 is 0. The molecule has 1 saturated carbocycles. The van der Waals surface area contributed by atoms with Crippen LogP contribution in [0.5, 0.6) is 0 Å². The average molecular weight is 309 g/mol. The van der Waals surface area contributed by atoms with Crippen LogP contribution in [0.15, 0.2) is 0 Å². The van der Waals surface area contributed by atoms with Crippen LogP contribution >= 0.6 is 0 Å². The minimum atomic E-state index is 0.502. The van der Waals surface area contributed by atoms with Crippen molar-refractivity contribution in [2.24, 2.45) is 40.4 Å². The first kappa shape index (κ1) is 20.0. The zero-order valence-electron chi connectivity index (χ0n) is 17.1. The zero-order valence-corrected chi connectivity index (χ0v) is 17.1. The molecule has 0 nitrogen and oxygen atoms in total. The fraction of sp³-hybridized carbons (Fsp3) is 1.00. The molecule has 0 spiro atoms. The quantitative estimate of drug-likeness (QED) is 0.425. The molecule has 4 atom stereocenters. The van der Waals surface area contributed by atoms with Crippen molar-refractivity contribution in [3.8, 4) is 0 Å². The zero-order chi connectivity index (χ0) is 17.1. The highest BCUT2D eigenvalue weighted by Gasteiger charge is 2.37. The van der Waals surface area contributed by atoms with Gasteiger partial charge in [-0.2, -0.15) is 0 Å². The minimum absolute atomic E-state index is 0.502. The molecular formula is C22H44. The van der Waals surface area contributed by atoms with Gasteiger partial charge in [0.05, 0.1) is 0 Å². The molecule has 0 radical (unpaired) electrons. The van der Waals surface area contributed by atoms with Crippen LogP contribution in [0.25, 0.3) is 0 Å². The van der Waals surface area contributed by atoms with Gasteiger partial charge in [-0.25, -0.2) is 0 Å². The highest BCUT2D eigenvalue weighted by molar-refractivity contribution is 4.88. The molecule has 0 aromatic heterocycles. The highest BCUT2D eigenvalue weighted by atomic mass is 14.4. The Balaban J connectivity index is 2.36. The van der Waals surface area contributed by atoms with E-state index in [1.54, 1.807) is 0 Å². The van der Waals surface area contributed by atoms with Crippen LogP contribution in [0.4, 0.5) is 0 Å². The van der Waals surface area contributed by atoms with Gasteiger partial charge in [-0.05, 0) is 59.7 Å². The van der Waals surface area contributed by atoms with Gasteiger partial charge in [-0.1, -0.05) is 81.6 Å². The molecule has 0 bridgehead atoms. The van der Waals surface area contributed by atoms with Crippen molar-refractivity contribution < 1.29 is 0 Å². The van der Waals surface area contributed by atoms with Gasteiger partial charge in [0.15, 0.2) is 0 Å². The molecule has 0 N–H and O–H groups in total. The summed E-state index contributed by atoms with van der Waals surface area (Å²) in [4.78, 5) is 0. The molecule has 4 unspecified atom stereocenters. The number of hydrogen-bond acceptors (Lipinski definition) is 0. The van der Waals surface area contributed by atoms with E-state index >= 15 is 0 Å². The van der Waals surface area contributed by atoms with Crippen molar-refractivity contribution in [1.29, 1.82) is 0 Å². The summed E-state index contributed by atoms with van der Waals surface area (Å²) in [6.45, 7) is 22.1. The lowest BCUT2D eigenvalue weighted by molar-refractivity contribution is 0.0524. The third kappa shape index (κ3) is 5.27. The van der Waals surface area contributed by atoms with Crippen molar-refractivity contribution in [2.45, 2.75) is 101 Å². The van der Waals surface area contributed by atoms with Gasteiger partial charge >= 0.3 is 0 Å². The summed E-state index contributed by atoms with van der Waals surface area (Å²) in [5.41, 5.74) is 1.05. The van der Waals surface area contributed by atoms with Crippen LogP contribution in [0.3, 0.4) is 0 Å². The minimum Gasteiger partial charge on any atom is -0.0625 e. The second kappa shape index (κ2) is 7.71. The molecular weight excluding hydrogens is 264 g/mol. The topological polar surface area (TPSA) is 0 Å². The van der Waals surface area contributed by atoms with Gasteiger partial charge in [0.1, 0.15) is 0 Å². The average Bonchev–Trinajstić information content (AvgIpc) is 2.39. The molecule has 0 aliphatic heterocycles. The summed E-state index contributed by atoms with van der Waals surface area (Å²) < 4.78 is 0. The fourth-order valence-corrected chi connectivity index (χ4v) is 4.88. The molecule has 1 fully saturated rings. The van der Waals surface area contributed by atoms with Crippen molar-refractivity contribution in [2.75, 3.05) is 0 Å². The molecule has 0 aromatic carbocycles. The summed E-state index contributed by atoms with van der Waals surface area (Å²) in [5, 5.41) is 0. The third-order valence-corrected chi connectivity index (χ3v) is 7.52. The van der Waals surface area contributed by atoms with E-state index in [0.717, 1.165) is 29.6 Å². The van der Waals surface area contributed by atoms with E-state index in [1.165, 1.54) is 38.5 Å². The van der Waals surface area contributed by atoms with Crippen LogP contribution in [-0.2, 0) is 0 Å². The van der Waals surface area contributed by atoms with E-state index in [-0.39, 0.29) is 0 Å². The van der Waals surface area contributed by atoms with Gasteiger partial charge < -0.3 is 0 Å². The van der Waals surface area contributed by atoms with Crippen molar-refractivity contribution in [1.82, 2.24) is 0 Å². The number of hydrogen-bond donors (Lipinski definition) is 0. The Hall–Kier alpha value is 0. The Morgan fingerprint density at radius 3 is 2.14 bits per heavy atom. The molecule has 0 heterocycles. The maximum absolute atomic E-state index is 2.49. The first-order valence-electron chi connectivity index (χ1n) is 9.97. The van der Waals surface area contributed by atoms with Crippen LogP contribution < -0.4 is 0 Å². The van der Waals surface area contributed by atoms with Gasteiger partial charge in [0, 0.05) is 0 Å². The summed E-state index contributed by atoms with van der Waals surface area (Å²) in [6, 6.07) is 0. The van der Waals surface area contributed by atoms with Crippen LogP contribution in [0.2, 0.25) is 0 Å². The molecule has 1 rings (SSSR count). The SMILES string of the molecule is CC(C)C(C)C(C)(C)CCCCC1CC(C)C(C)C(C)(C)C1. The second-order valence-corrected chi connectivity index (χ2v) is 10.3. The fourth-order valence-electron chi connectivity index (χ4n) is 4.88. The lowest BCUT2D eigenvalue weighted by Gasteiger charge is -2.45. The predicted octanol–water partition coefficient (Wildman–Crippen LogP) is 7.57. The third-order valence-electron chi connectivity index (χ3n) is 7.52. The van der Waals surface area contributed by atoms with E-state index in [4.69, 9.17) is 0 Å². The standard InChI is InChI=1S/C22H44/c1-16(2)18(4)21(6,7)13-11-10-12-20-14-17(3)19(5)22(8,9)15-20/h16-20H,10-15H2,1-9H3. The van der Waals surface area contributed by atoms with Crippen LogP contribution in [0, 0.1) is 40.4 Å². The second-order valence-electron chi connectivity index (χ2n) is 10.3. The van der Waals surface area contributed by atoms with Gasteiger partial charge in [-0.3, -0.25) is 0 Å². The van der Waals surface area contributed by atoms with Gasteiger partial charge in [0.2, 0.25) is 0 Å². The molecule has 132 valence electrons. The van der Waals surface area contributed by atoms with E-state index in [2.05, 4.69) is 62.3 Å². The summed E-state index contributed by atoms with van der Waals surface area (Å²) in [7, 11) is 0. The van der Waals surface area contributed by atoms with E-state index in [0.29, 0.717) is 10.8 Å². The van der Waals surface area contributed by atoms with Crippen molar-refractivity contribution >= 4 is 0 Å². The van der Waals surface area contributed by atoms with Crippen molar-refractivity contribution in [3.05, 3.63) is 0 Å². The maximum atomic E-state index is 2.49. The smallest absolute Gasteiger partial charge is 0.0323 e. The summed E-state index contributed by atoms with van der Waals surface area (Å²) in [6.07, 6.45) is 8.64. The lowest BCUT2D eigenvalue weighted by Crippen LogP contribution is -2.35. The molecule has 22 heavy (non-hydrogen) atoms. The molecule has 0 aromatic rings. The Kier molecular flexibility index (Phi) is 7.03. The first-order chi connectivity index (χ1) is 9.97. The van der Waals surface area contributed by atoms with Crippen LogP contribution in [-0.4, -0.2) is 0 Å². The number of unbranched alkanes of at least 4 members (excludes halogenated alkanes) is 1. The molecule has 0 saturated heterocycles. The largest absolute Gasteiger partial charge is 0.0625 e. The highest BCUT2D eigenvalue weighted by Crippen LogP contribution is 2.47. The first-order valence-corrected chi connectivity index (χ1v) is 9.97. The van der Waals surface area contributed by atoms with Gasteiger partial charge in [0.25, 0.3) is 0 Å². The molecule has 1 aliphatic rings. The number of rotatable bonds is 7. The lowest BCUT2D eigenvalue weighted by atomic mass is 9.61. The Morgan fingerprint density at radius 2 is 1.64 bits per heavy atom. The Bertz CT molecular complexity index is 323. The van der Waals surface area contributed by atoms with Gasteiger partial charge in [-0.15, -0.1) is 0 Å². The van der Waals surface area contributed by atoms with E-state index in [1.807, 2.05) is 0 Å². The molecule has 0 amide bonds. The van der Waals surface area contributed by atoms with E-state index < -0.39 is 0 Å². The van der Waals surface area contributed by atoms with Crippen molar-refractivity contribution in [3.63, 3.8) is 0 Å².